The first-order valence-electron chi connectivity index (χ1n) is 8.79. The van der Waals surface area contributed by atoms with Gasteiger partial charge in [-0.25, -0.2) is 8.78 Å². The maximum atomic E-state index is 13.8. The van der Waals surface area contributed by atoms with Crippen molar-refractivity contribution in [3.05, 3.63) is 71.3 Å². The summed E-state index contributed by atoms with van der Waals surface area (Å²) in [5.74, 6) is -2.67. The molecule has 2 aromatic carbocycles. The minimum absolute atomic E-state index is 0.192. The molecular formula is C20H21F2N3O2. The largest absolute Gasteiger partial charge is 0.338 e. The lowest BCUT2D eigenvalue weighted by Crippen LogP contribution is -2.54. The highest BCUT2D eigenvalue weighted by Gasteiger charge is 2.29. The van der Waals surface area contributed by atoms with Crippen LogP contribution in [0.2, 0.25) is 0 Å². The Balaban J connectivity index is 1.58. The average Bonchev–Trinajstić information content (AvgIpc) is 2.68. The van der Waals surface area contributed by atoms with Crippen LogP contribution >= 0.6 is 0 Å². The zero-order valence-corrected chi connectivity index (χ0v) is 14.8. The Labute approximate surface area is 156 Å². The van der Waals surface area contributed by atoms with Crippen molar-refractivity contribution in [2.24, 2.45) is 5.73 Å². The highest BCUT2D eigenvalue weighted by atomic mass is 19.1. The second-order valence-corrected chi connectivity index (χ2v) is 6.51. The Morgan fingerprint density at radius 2 is 1.44 bits per heavy atom. The summed E-state index contributed by atoms with van der Waals surface area (Å²) in [6.07, 6.45) is 0.430. The quantitative estimate of drug-likeness (QED) is 0.889. The Morgan fingerprint density at radius 1 is 0.889 bits per heavy atom. The first-order chi connectivity index (χ1) is 13.0. The monoisotopic (exact) mass is 373 g/mol. The molecule has 1 aliphatic heterocycles. The Morgan fingerprint density at radius 3 is 2.04 bits per heavy atom. The van der Waals surface area contributed by atoms with Crippen LogP contribution in [0.25, 0.3) is 0 Å². The molecule has 2 N–H and O–H groups in total. The lowest BCUT2D eigenvalue weighted by atomic mass is 10.1. The molecule has 1 aliphatic rings. The van der Waals surface area contributed by atoms with Crippen molar-refractivity contribution in [1.29, 1.82) is 0 Å². The summed E-state index contributed by atoms with van der Waals surface area (Å²) in [4.78, 5) is 27.9. The Kier molecular flexibility index (Phi) is 5.81. The number of carbonyl (C=O) groups is 2. The maximum absolute atomic E-state index is 13.8. The van der Waals surface area contributed by atoms with Gasteiger partial charge in [0.1, 0.15) is 17.2 Å². The lowest BCUT2D eigenvalue weighted by molar-refractivity contribution is -0.134. The lowest BCUT2D eigenvalue weighted by Gasteiger charge is -2.36. The number of rotatable bonds is 4. The summed E-state index contributed by atoms with van der Waals surface area (Å²) >= 11 is 0. The molecule has 7 heteroatoms. The van der Waals surface area contributed by atoms with Crippen molar-refractivity contribution in [3.63, 3.8) is 0 Å². The van der Waals surface area contributed by atoms with Crippen molar-refractivity contribution in [2.75, 3.05) is 26.2 Å². The second-order valence-electron chi connectivity index (χ2n) is 6.51. The molecule has 5 nitrogen and oxygen atoms in total. The van der Waals surface area contributed by atoms with Gasteiger partial charge in [-0.1, -0.05) is 36.4 Å². The van der Waals surface area contributed by atoms with E-state index in [1.807, 2.05) is 30.3 Å². The van der Waals surface area contributed by atoms with Gasteiger partial charge in [-0.2, -0.15) is 0 Å². The number of nitrogens with two attached hydrogens (primary N) is 1. The van der Waals surface area contributed by atoms with Gasteiger partial charge in [-0.3, -0.25) is 9.59 Å². The summed E-state index contributed by atoms with van der Waals surface area (Å²) in [7, 11) is 0. The van der Waals surface area contributed by atoms with E-state index in [2.05, 4.69) is 0 Å². The summed E-state index contributed by atoms with van der Waals surface area (Å²) < 4.78 is 27.6. The molecule has 0 bridgehead atoms. The first-order valence-corrected chi connectivity index (χ1v) is 8.79. The molecular weight excluding hydrogens is 352 g/mol. The van der Waals surface area contributed by atoms with E-state index in [1.165, 1.54) is 11.0 Å². The van der Waals surface area contributed by atoms with E-state index in [9.17, 15) is 18.4 Å². The van der Waals surface area contributed by atoms with Crippen molar-refractivity contribution < 1.29 is 18.4 Å². The zero-order chi connectivity index (χ0) is 19.4. The molecule has 0 aromatic heterocycles. The van der Waals surface area contributed by atoms with Gasteiger partial charge in [0.25, 0.3) is 5.91 Å². The van der Waals surface area contributed by atoms with E-state index in [-0.39, 0.29) is 32.1 Å². The minimum Gasteiger partial charge on any atom is -0.338 e. The van der Waals surface area contributed by atoms with Gasteiger partial charge in [0.2, 0.25) is 5.91 Å². The standard InChI is InChI=1S/C20H21F2N3O2/c21-15-7-4-8-16(22)18(15)20(27)25-11-9-24(10-12-25)19(26)17(23)13-14-5-2-1-3-6-14/h1-8,17H,9-13,23H2/t17-/m0/s1. The van der Waals surface area contributed by atoms with E-state index in [0.29, 0.717) is 6.42 Å². The molecule has 1 fully saturated rings. The summed E-state index contributed by atoms with van der Waals surface area (Å²) in [5, 5.41) is 0. The van der Waals surface area contributed by atoms with Crippen molar-refractivity contribution >= 4 is 11.8 Å². The zero-order valence-electron chi connectivity index (χ0n) is 14.8. The molecule has 0 spiro atoms. The number of carbonyl (C=O) groups excluding carboxylic acids is 2. The van der Waals surface area contributed by atoms with Crippen LogP contribution in [0.3, 0.4) is 0 Å². The van der Waals surface area contributed by atoms with Crippen LogP contribution in [0.4, 0.5) is 8.78 Å². The molecule has 1 heterocycles. The number of hydrogen-bond donors (Lipinski definition) is 1. The minimum atomic E-state index is -0.886. The van der Waals surface area contributed by atoms with Crippen LogP contribution < -0.4 is 5.73 Å². The van der Waals surface area contributed by atoms with Crippen LogP contribution in [0.15, 0.2) is 48.5 Å². The fraction of sp³-hybridized carbons (Fsp3) is 0.300. The summed E-state index contributed by atoms with van der Waals surface area (Å²) in [5.41, 5.74) is 6.45. The smallest absolute Gasteiger partial charge is 0.259 e. The normalized spacial score (nSPS) is 15.5. The molecule has 3 rings (SSSR count). The molecule has 2 aromatic rings. The van der Waals surface area contributed by atoms with Crippen LogP contribution in [0, 0.1) is 11.6 Å². The van der Waals surface area contributed by atoms with E-state index >= 15 is 0 Å². The van der Waals surface area contributed by atoms with Gasteiger partial charge in [-0.15, -0.1) is 0 Å². The van der Waals surface area contributed by atoms with Crippen molar-refractivity contribution in [2.45, 2.75) is 12.5 Å². The number of halogens is 2. The van der Waals surface area contributed by atoms with E-state index in [4.69, 9.17) is 5.73 Å². The topological polar surface area (TPSA) is 66.6 Å². The molecule has 0 radical (unpaired) electrons. The van der Waals surface area contributed by atoms with Gasteiger partial charge in [-0.05, 0) is 24.1 Å². The molecule has 0 saturated carbocycles. The predicted octanol–water partition coefficient (Wildman–Crippen LogP) is 1.82. The number of amides is 2. The number of benzene rings is 2. The molecule has 1 saturated heterocycles. The first kappa shape index (κ1) is 19.0. The van der Waals surface area contributed by atoms with Crippen LogP contribution in [0.5, 0.6) is 0 Å². The number of piperazine rings is 1. The van der Waals surface area contributed by atoms with E-state index in [1.54, 1.807) is 4.90 Å². The molecule has 142 valence electrons. The Bertz CT molecular complexity index is 801. The van der Waals surface area contributed by atoms with Gasteiger partial charge in [0.15, 0.2) is 0 Å². The highest BCUT2D eigenvalue weighted by Crippen LogP contribution is 2.16. The molecule has 0 aliphatic carbocycles. The van der Waals surface area contributed by atoms with Gasteiger partial charge >= 0.3 is 0 Å². The number of hydrogen-bond acceptors (Lipinski definition) is 3. The van der Waals surface area contributed by atoms with Gasteiger partial charge < -0.3 is 15.5 Å². The fourth-order valence-corrected chi connectivity index (χ4v) is 3.18. The molecule has 1 atom stereocenters. The van der Waals surface area contributed by atoms with E-state index in [0.717, 1.165) is 17.7 Å². The van der Waals surface area contributed by atoms with Gasteiger partial charge in [0.05, 0.1) is 6.04 Å². The molecule has 2 amide bonds. The van der Waals surface area contributed by atoms with Crippen molar-refractivity contribution in [3.8, 4) is 0 Å². The van der Waals surface area contributed by atoms with Crippen LogP contribution in [0.1, 0.15) is 15.9 Å². The Hall–Kier alpha value is -2.80. The number of nitrogens with zero attached hydrogens (tertiary/aromatic N) is 2. The van der Waals surface area contributed by atoms with Crippen LogP contribution in [-0.2, 0) is 11.2 Å². The average molecular weight is 373 g/mol. The predicted molar refractivity (Wildman–Crippen MR) is 97.0 cm³/mol. The molecule has 27 heavy (non-hydrogen) atoms. The third-order valence-corrected chi connectivity index (χ3v) is 4.67. The summed E-state index contributed by atoms with van der Waals surface area (Å²) in [6.45, 7) is 0.971. The molecule has 0 unspecified atom stereocenters. The third-order valence-electron chi connectivity index (χ3n) is 4.67. The maximum Gasteiger partial charge on any atom is 0.259 e. The SMILES string of the molecule is N[C@@H](Cc1ccccc1)C(=O)N1CCN(C(=O)c2c(F)cccc2F)CC1. The third kappa shape index (κ3) is 4.31. The fourth-order valence-electron chi connectivity index (χ4n) is 3.18. The van der Waals surface area contributed by atoms with Gasteiger partial charge in [0, 0.05) is 26.2 Å². The summed E-state index contributed by atoms with van der Waals surface area (Å²) in [6, 6.07) is 12.1. The van der Waals surface area contributed by atoms with E-state index < -0.39 is 29.1 Å². The van der Waals surface area contributed by atoms with Crippen molar-refractivity contribution in [1.82, 2.24) is 9.80 Å². The highest BCUT2D eigenvalue weighted by molar-refractivity contribution is 5.95. The van der Waals surface area contributed by atoms with Crippen LogP contribution in [-0.4, -0.2) is 53.8 Å². The second kappa shape index (κ2) is 8.26.